The van der Waals surface area contributed by atoms with Crippen LogP contribution < -0.4 is 5.32 Å². The third-order valence-corrected chi connectivity index (χ3v) is 5.43. The minimum Gasteiger partial charge on any atom is -0.325 e. The van der Waals surface area contributed by atoms with Gasteiger partial charge in [0.2, 0.25) is 5.91 Å². The van der Waals surface area contributed by atoms with Gasteiger partial charge in [0.1, 0.15) is 11.5 Å². The van der Waals surface area contributed by atoms with Gasteiger partial charge >= 0.3 is 0 Å². The van der Waals surface area contributed by atoms with Gasteiger partial charge in [0.15, 0.2) is 11.0 Å². The van der Waals surface area contributed by atoms with E-state index in [2.05, 4.69) is 20.6 Å². The molecule has 2 heterocycles. The minimum atomic E-state index is -0.348. The number of nitrogens with one attached hydrogen (secondary N) is 1. The molecule has 9 heteroatoms. The van der Waals surface area contributed by atoms with Crippen molar-refractivity contribution in [3.05, 3.63) is 66.6 Å². The molecule has 152 valence electrons. The number of anilines is 1. The number of carbonyl (C=O) groups excluding carboxylic acids is 1. The fraction of sp³-hybridized carbons (Fsp3) is 0.143. The lowest BCUT2D eigenvalue weighted by molar-refractivity contribution is -0.113. The molecule has 0 aliphatic rings. The number of nitrogens with zero attached hydrogens (tertiary/aromatic N) is 5. The van der Waals surface area contributed by atoms with Crippen molar-refractivity contribution in [3.8, 4) is 22.6 Å². The number of halogens is 1. The van der Waals surface area contributed by atoms with Gasteiger partial charge in [-0.2, -0.15) is 5.10 Å². The Morgan fingerprint density at radius 2 is 1.80 bits per heavy atom. The molecule has 0 unspecified atom stereocenters. The molecule has 4 rings (SSSR count). The van der Waals surface area contributed by atoms with Crippen LogP contribution in [0.1, 0.15) is 0 Å². The molecule has 4 aromatic rings. The standard InChI is InChI=1S/C21H19FN6OS/c1-27-12-17(19(26-27)14-6-4-3-5-7-14)20-24-25-21(28(20)2)30-13-18(29)23-16-10-8-15(22)9-11-16/h3-12H,13H2,1-2H3,(H,23,29). The molecule has 0 radical (unpaired) electrons. The second kappa shape index (κ2) is 8.50. The number of thioether (sulfide) groups is 1. The van der Waals surface area contributed by atoms with Crippen LogP contribution in [0.2, 0.25) is 0 Å². The van der Waals surface area contributed by atoms with Gasteiger partial charge in [0.05, 0.1) is 11.3 Å². The van der Waals surface area contributed by atoms with Gasteiger partial charge in [0, 0.05) is 31.5 Å². The molecule has 1 amide bonds. The topological polar surface area (TPSA) is 77.6 Å². The zero-order valence-corrected chi connectivity index (χ0v) is 17.2. The number of benzene rings is 2. The van der Waals surface area contributed by atoms with Crippen LogP contribution in [0.3, 0.4) is 0 Å². The van der Waals surface area contributed by atoms with Gasteiger partial charge in [-0.1, -0.05) is 42.1 Å². The third-order valence-electron chi connectivity index (χ3n) is 4.41. The first-order valence-corrected chi connectivity index (χ1v) is 10.2. The summed E-state index contributed by atoms with van der Waals surface area (Å²) in [5, 5.41) is 16.5. The second-order valence-corrected chi connectivity index (χ2v) is 7.58. The van der Waals surface area contributed by atoms with Crippen LogP contribution >= 0.6 is 11.8 Å². The molecule has 0 atom stereocenters. The Hall–Kier alpha value is -3.46. The van der Waals surface area contributed by atoms with Crippen LogP contribution in [-0.2, 0) is 18.9 Å². The Morgan fingerprint density at radius 1 is 1.07 bits per heavy atom. The van der Waals surface area contributed by atoms with E-state index in [0.717, 1.165) is 16.8 Å². The quantitative estimate of drug-likeness (QED) is 0.479. The monoisotopic (exact) mass is 422 g/mol. The van der Waals surface area contributed by atoms with Crippen molar-refractivity contribution in [2.75, 3.05) is 11.1 Å². The van der Waals surface area contributed by atoms with Crippen molar-refractivity contribution in [1.29, 1.82) is 0 Å². The van der Waals surface area contributed by atoms with Crippen LogP contribution in [-0.4, -0.2) is 36.2 Å². The predicted molar refractivity (Wildman–Crippen MR) is 114 cm³/mol. The summed E-state index contributed by atoms with van der Waals surface area (Å²) in [5.74, 6) is 0.271. The lowest BCUT2D eigenvalue weighted by atomic mass is 10.1. The average Bonchev–Trinajstić information content (AvgIpc) is 3.31. The molecule has 30 heavy (non-hydrogen) atoms. The Morgan fingerprint density at radius 3 is 2.53 bits per heavy atom. The van der Waals surface area contributed by atoms with Crippen LogP contribution in [0, 0.1) is 5.82 Å². The van der Waals surface area contributed by atoms with Crippen molar-refractivity contribution in [3.63, 3.8) is 0 Å². The Labute approximate surface area is 176 Å². The molecule has 1 N–H and O–H groups in total. The highest BCUT2D eigenvalue weighted by Gasteiger charge is 2.19. The summed E-state index contributed by atoms with van der Waals surface area (Å²) in [6, 6.07) is 15.5. The first-order chi connectivity index (χ1) is 14.5. The molecule has 0 spiro atoms. The maximum atomic E-state index is 13.0. The van der Waals surface area contributed by atoms with E-state index in [9.17, 15) is 9.18 Å². The Kier molecular flexibility index (Phi) is 5.62. The smallest absolute Gasteiger partial charge is 0.234 e. The number of rotatable bonds is 6. The molecule has 0 saturated heterocycles. The van der Waals surface area contributed by atoms with E-state index in [1.807, 2.05) is 55.2 Å². The molecule has 7 nitrogen and oxygen atoms in total. The Balaban J connectivity index is 1.50. The molecule has 0 fully saturated rings. The van der Waals surface area contributed by atoms with E-state index in [4.69, 9.17) is 0 Å². The summed E-state index contributed by atoms with van der Waals surface area (Å²) in [6.45, 7) is 0. The van der Waals surface area contributed by atoms with Crippen molar-refractivity contribution in [2.24, 2.45) is 14.1 Å². The summed E-state index contributed by atoms with van der Waals surface area (Å²) >= 11 is 1.28. The number of amides is 1. The van der Waals surface area contributed by atoms with Crippen molar-refractivity contribution in [2.45, 2.75) is 5.16 Å². The minimum absolute atomic E-state index is 0.155. The number of carbonyl (C=O) groups is 1. The number of hydrogen-bond donors (Lipinski definition) is 1. The molecule has 0 aliphatic heterocycles. The average molecular weight is 422 g/mol. The van der Waals surface area contributed by atoms with Crippen molar-refractivity contribution >= 4 is 23.4 Å². The number of aryl methyl sites for hydroxylation is 1. The largest absolute Gasteiger partial charge is 0.325 e. The summed E-state index contributed by atoms with van der Waals surface area (Å²) in [6.07, 6.45) is 1.90. The first-order valence-electron chi connectivity index (χ1n) is 9.18. The molecular weight excluding hydrogens is 403 g/mol. The molecule has 0 aliphatic carbocycles. The summed E-state index contributed by atoms with van der Waals surface area (Å²) in [5.41, 5.74) is 3.22. The van der Waals surface area contributed by atoms with Crippen LogP contribution in [0.4, 0.5) is 10.1 Å². The molecule has 0 saturated carbocycles. The van der Waals surface area contributed by atoms with Crippen LogP contribution in [0.5, 0.6) is 0 Å². The maximum absolute atomic E-state index is 13.0. The maximum Gasteiger partial charge on any atom is 0.234 e. The summed E-state index contributed by atoms with van der Waals surface area (Å²) in [4.78, 5) is 12.2. The lowest BCUT2D eigenvalue weighted by Gasteiger charge is -2.06. The number of aromatic nitrogens is 5. The molecule has 0 bridgehead atoms. The predicted octanol–water partition coefficient (Wildman–Crippen LogP) is 3.75. The zero-order chi connectivity index (χ0) is 21.1. The summed E-state index contributed by atoms with van der Waals surface area (Å²) < 4.78 is 16.6. The summed E-state index contributed by atoms with van der Waals surface area (Å²) in [7, 11) is 3.72. The van der Waals surface area contributed by atoms with Gasteiger partial charge < -0.3 is 9.88 Å². The molecule has 2 aromatic heterocycles. The van der Waals surface area contributed by atoms with Gasteiger partial charge in [-0.05, 0) is 24.3 Å². The van der Waals surface area contributed by atoms with Crippen molar-refractivity contribution < 1.29 is 9.18 Å². The highest BCUT2D eigenvalue weighted by molar-refractivity contribution is 7.99. The van der Waals surface area contributed by atoms with Crippen LogP contribution in [0.15, 0.2) is 66.0 Å². The fourth-order valence-electron chi connectivity index (χ4n) is 3.00. The highest BCUT2D eigenvalue weighted by atomic mass is 32.2. The van der Waals surface area contributed by atoms with E-state index in [1.165, 1.54) is 36.0 Å². The van der Waals surface area contributed by atoms with Gasteiger partial charge in [-0.25, -0.2) is 4.39 Å². The van der Waals surface area contributed by atoms with Crippen molar-refractivity contribution in [1.82, 2.24) is 24.5 Å². The fourth-order valence-corrected chi connectivity index (χ4v) is 3.71. The van der Waals surface area contributed by atoms with Crippen LogP contribution in [0.25, 0.3) is 22.6 Å². The lowest BCUT2D eigenvalue weighted by Crippen LogP contribution is -2.14. The van der Waals surface area contributed by atoms with E-state index < -0.39 is 0 Å². The van der Waals surface area contributed by atoms with Gasteiger partial charge in [-0.15, -0.1) is 10.2 Å². The normalized spacial score (nSPS) is 10.9. The van der Waals surface area contributed by atoms with E-state index in [-0.39, 0.29) is 17.5 Å². The number of hydrogen-bond acceptors (Lipinski definition) is 5. The highest BCUT2D eigenvalue weighted by Crippen LogP contribution is 2.31. The first kappa shape index (κ1) is 19.8. The van der Waals surface area contributed by atoms with Gasteiger partial charge in [0.25, 0.3) is 0 Å². The second-order valence-electron chi connectivity index (χ2n) is 6.64. The molecular formula is C21H19FN6OS. The van der Waals surface area contributed by atoms with E-state index in [0.29, 0.717) is 16.7 Å². The SMILES string of the molecule is Cn1cc(-c2nnc(SCC(=O)Nc3ccc(F)cc3)n2C)c(-c2ccccc2)n1. The van der Waals surface area contributed by atoms with E-state index in [1.54, 1.807) is 4.68 Å². The molecule has 2 aromatic carbocycles. The third kappa shape index (κ3) is 4.25. The Bertz CT molecular complexity index is 1170. The van der Waals surface area contributed by atoms with E-state index >= 15 is 0 Å². The van der Waals surface area contributed by atoms with Gasteiger partial charge in [-0.3, -0.25) is 9.48 Å². The zero-order valence-electron chi connectivity index (χ0n) is 16.4.